The minimum absolute atomic E-state index is 0. The first kappa shape index (κ1) is 22.2. The molecular formula is C22H25IN3O4-. The van der Waals surface area contributed by atoms with Gasteiger partial charge in [-0.1, -0.05) is 11.2 Å². The number of para-hydroxylation sites is 1. The molecule has 0 atom stereocenters. The molecule has 160 valence electrons. The molecular weight excluding hydrogens is 497 g/mol. The Bertz CT molecular complexity index is 1090. The average molecular weight is 522 g/mol. The van der Waals surface area contributed by atoms with E-state index in [1.807, 2.05) is 30.3 Å². The summed E-state index contributed by atoms with van der Waals surface area (Å²) in [7, 11) is 5.32. The van der Waals surface area contributed by atoms with Gasteiger partial charge in [0.15, 0.2) is 17.1 Å². The van der Waals surface area contributed by atoms with Crippen LogP contribution in [0.3, 0.4) is 0 Å². The van der Waals surface area contributed by atoms with Crippen LogP contribution in [0.25, 0.3) is 22.3 Å². The van der Waals surface area contributed by atoms with Crippen molar-refractivity contribution in [2.24, 2.45) is 5.16 Å². The number of piperazine rings is 1. The van der Waals surface area contributed by atoms with Crippen molar-refractivity contribution in [2.75, 3.05) is 52.3 Å². The van der Waals surface area contributed by atoms with Gasteiger partial charge in [0.2, 0.25) is 0 Å². The first-order valence-corrected chi connectivity index (χ1v) is 9.55. The van der Waals surface area contributed by atoms with E-state index < -0.39 is 0 Å². The summed E-state index contributed by atoms with van der Waals surface area (Å²) in [6, 6.07) is 13.2. The lowest BCUT2D eigenvalue weighted by Gasteiger charge is -2.34. The second kappa shape index (κ2) is 9.57. The maximum Gasteiger partial charge on any atom is 0.161 e. The summed E-state index contributed by atoms with van der Waals surface area (Å²) in [6.45, 7) is 3.81. The van der Waals surface area contributed by atoms with Crippen LogP contribution in [0.1, 0.15) is 0 Å². The van der Waals surface area contributed by atoms with Gasteiger partial charge in [0.1, 0.15) is 11.1 Å². The van der Waals surface area contributed by atoms with Gasteiger partial charge in [-0.2, -0.15) is 0 Å². The van der Waals surface area contributed by atoms with Gasteiger partial charge in [-0.3, -0.25) is 0 Å². The summed E-state index contributed by atoms with van der Waals surface area (Å²) in [5, 5.41) is 14.4. The maximum absolute atomic E-state index is 9.64. The molecule has 0 aliphatic carbocycles. The second-order valence-corrected chi connectivity index (χ2v) is 7.11. The Morgan fingerprint density at radius 3 is 2.37 bits per heavy atom. The van der Waals surface area contributed by atoms with Crippen LogP contribution in [-0.2, 0) is 0 Å². The van der Waals surface area contributed by atoms with Crippen LogP contribution in [0.15, 0.2) is 52.0 Å². The Morgan fingerprint density at radius 1 is 0.967 bits per heavy atom. The normalized spacial score (nSPS) is 15.2. The number of methoxy groups -OCH3 is 2. The molecule has 0 unspecified atom stereocenters. The van der Waals surface area contributed by atoms with Crippen LogP contribution < -0.4 is 43.7 Å². The fraction of sp³-hybridized carbons (Fsp3) is 0.318. The molecule has 1 saturated heterocycles. The molecule has 0 amide bonds. The zero-order valence-electron chi connectivity index (χ0n) is 17.3. The minimum atomic E-state index is 0. The molecule has 2 aromatic carbocycles. The largest absolute Gasteiger partial charge is 1.00 e. The van der Waals surface area contributed by atoms with E-state index in [-0.39, 0.29) is 24.0 Å². The fourth-order valence-corrected chi connectivity index (χ4v) is 3.69. The third kappa shape index (κ3) is 4.20. The lowest BCUT2D eigenvalue weighted by atomic mass is 10.1. The Morgan fingerprint density at radius 2 is 1.70 bits per heavy atom. The summed E-state index contributed by atoms with van der Waals surface area (Å²) in [6.07, 6.45) is 0. The zero-order chi connectivity index (χ0) is 20.4. The van der Waals surface area contributed by atoms with E-state index in [2.05, 4.69) is 28.1 Å². The summed E-state index contributed by atoms with van der Waals surface area (Å²) in [5.74, 6) is 1.84. The van der Waals surface area contributed by atoms with Crippen molar-refractivity contribution in [3.63, 3.8) is 0 Å². The number of ether oxygens (including phenoxy) is 2. The number of anilines is 1. The van der Waals surface area contributed by atoms with Crippen LogP contribution >= 0.6 is 0 Å². The van der Waals surface area contributed by atoms with E-state index in [0.29, 0.717) is 28.2 Å². The third-order valence-corrected chi connectivity index (χ3v) is 5.37. The van der Waals surface area contributed by atoms with Gasteiger partial charge in [0.25, 0.3) is 0 Å². The highest BCUT2D eigenvalue weighted by atomic mass is 127. The van der Waals surface area contributed by atoms with E-state index >= 15 is 0 Å². The van der Waals surface area contributed by atoms with Gasteiger partial charge in [-0.25, -0.2) is 0 Å². The van der Waals surface area contributed by atoms with Crippen molar-refractivity contribution in [3.8, 4) is 22.8 Å². The fourth-order valence-electron chi connectivity index (χ4n) is 3.69. The molecule has 1 fully saturated rings. The number of nitrogens with zero attached hydrogens (tertiary/aromatic N) is 3. The quantitative estimate of drug-likeness (QED) is 0.299. The van der Waals surface area contributed by atoms with Gasteiger partial charge < -0.3 is 52.9 Å². The highest BCUT2D eigenvalue weighted by molar-refractivity contribution is 5.90. The third-order valence-electron chi connectivity index (χ3n) is 5.37. The van der Waals surface area contributed by atoms with Crippen LogP contribution in [0.5, 0.6) is 11.5 Å². The lowest BCUT2D eigenvalue weighted by Crippen LogP contribution is -3.00. The smallest absolute Gasteiger partial charge is 0.161 e. The van der Waals surface area contributed by atoms with Crippen LogP contribution in [0, 0.1) is 0 Å². The van der Waals surface area contributed by atoms with Gasteiger partial charge in [0.05, 0.1) is 19.9 Å². The van der Waals surface area contributed by atoms with Crippen molar-refractivity contribution in [2.45, 2.75) is 0 Å². The first-order chi connectivity index (χ1) is 14.1. The molecule has 7 nitrogen and oxygen atoms in total. The molecule has 1 N–H and O–H groups in total. The highest BCUT2D eigenvalue weighted by Gasteiger charge is 2.19. The van der Waals surface area contributed by atoms with Crippen molar-refractivity contribution in [1.29, 1.82) is 0 Å². The molecule has 2 heterocycles. The molecule has 4 rings (SSSR count). The number of rotatable bonds is 4. The Hall–Kier alpha value is -2.46. The predicted molar refractivity (Wildman–Crippen MR) is 112 cm³/mol. The number of hydrogen-bond acceptors (Lipinski definition) is 7. The molecule has 8 heteroatoms. The average Bonchev–Trinajstić information content (AvgIpc) is 2.78. The summed E-state index contributed by atoms with van der Waals surface area (Å²) >= 11 is 0. The Labute approximate surface area is 192 Å². The summed E-state index contributed by atoms with van der Waals surface area (Å²) in [4.78, 5) is 4.62. The Balaban J connectivity index is 0.00000256. The molecule has 1 aliphatic rings. The molecule has 0 bridgehead atoms. The van der Waals surface area contributed by atoms with Crippen LogP contribution in [-0.4, -0.2) is 57.6 Å². The number of likely N-dealkylation sites (N-methyl/N-ethyl adjacent to an activating group) is 1. The van der Waals surface area contributed by atoms with Crippen molar-refractivity contribution in [1.82, 2.24) is 4.90 Å². The SMILES string of the molecule is COc1ccc(-c2c/c(=N\O)c3cccc(N4CCN(C)CC4)c3o2)cc1OC.[I-]. The van der Waals surface area contributed by atoms with Crippen molar-refractivity contribution < 1.29 is 43.1 Å². The number of halogens is 1. The Kier molecular flexibility index (Phi) is 7.09. The van der Waals surface area contributed by atoms with Crippen molar-refractivity contribution >= 4 is 16.7 Å². The molecule has 3 aromatic rings. The molecule has 0 spiro atoms. The summed E-state index contributed by atoms with van der Waals surface area (Å²) < 4.78 is 17.1. The molecule has 30 heavy (non-hydrogen) atoms. The van der Waals surface area contributed by atoms with Gasteiger partial charge in [-0.15, -0.1) is 0 Å². The van der Waals surface area contributed by atoms with E-state index in [1.54, 1.807) is 20.3 Å². The van der Waals surface area contributed by atoms with E-state index in [1.165, 1.54) is 0 Å². The van der Waals surface area contributed by atoms with Gasteiger partial charge >= 0.3 is 0 Å². The van der Waals surface area contributed by atoms with E-state index in [9.17, 15) is 5.21 Å². The monoisotopic (exact) mass is 522 g/mol. The number of hydrogen-bond donors (Lipinski definition) is 1. The molecule has 1 aliphatic heterocycles. The standard InChI is InChI=1S/C22H25N3O4.HI/c1-24-9-11-25(12-10-24)18-6-4-5-16-17(23-26)14-20(29-22(16)18)15-7-8-19(27-2)21(13-15)28-3;/h4-8,13-14,26H,9-12H2,1-3H3;1H/p-1/b23-17+;. The predicted octanol–water partition coefficient (Wildman–Crippen LogP) is 0.163. The molecule has 0 saturated carbocycles. The maximum atomic E-state index is 9.64. The van der Waals surface area contributed by atoms with Gasteiger partial charge in [0, 0.05) is 43.2 Å². The zero-order valence-corrected chi connectivity index (χ0v) is 19.4. The highest BCUT2D eigenvalue weighted by Crippen LogP contribution is 2.34. The van der Waals surface area contributed by atoms with Gasteiger partial charge in [-0.05, 0) is 37.4 Å². The van der Waals surface area contributed by atoms with E-state index in [0.717, 1.165) is 42.8 Å². The second-order valence-electron chi connectivity index (χ2n) is 7.11. The number of fused-ring (bicyclic) bond motifs is 1. The van der Waals surface area contributed by atoms with E-state index in [4.69, 9.17) is 13.9 Å². The lowest BCUT2D eigenvalue weighted by molar-refractivity contribution is -0.00000771. The number of benzene rings is 2. The van der Waals surface area contributed by atoms with Crippen LogP contribution in [0.4, 0.5) is 5.69 Å². The topological polar surface area (TPSA) is 70.7 Å². The van der Waals surface area contributed by atoms with Crippen molar-refractivity contribution in [3.05, 3.63) is 47.8 Å². The summed E-state index contributed by atoms with van der Waals surface area (Å²) in [5.41, 5.74) is 2.52. The van der Waals surface area contributed by atoms with Crippen LogP contribution in [0.2, 0.25) is 0 Å². The minimum Gasteiger partial charge on any atom is -1.00 e. The molecule has 1 aromatic heterocycles. The first-order valence-electron chi connectivity index (χ1n) is 9.55. The molecule has 0 radical (unpaired) electrons.